The summed E-state index contributed by atoms with van der Waals surface area (Å²) < 4.78 is 0. The van der Waals surface area contributed by atoms with Crippen molar-refractivity contribution >= 4 is 27.8 Å². The molecule has 1 aliphatic rings. The minimum Gasteiger partial charge on any atom is -0.310 e. The van der Waals surface area contributed by atoms with Crippen LogP contribution in [0.3, 0.4) is 0 Å². The van der Waals surface area contributed by atoms with Gasteiger partial charge in [-0.15, -0.1) is 0 Å². The predicted octanol–water partition coefficient (Wildman–Crippen LogP) is 16.3. The van der Waals surface area contributed by atoms with Gasteiger partial charge >= 0.3 is 0 Å². The fourth-order valence-corrected chi connectivity index (χ4v) is 9.76. The van der Waals surface area contributed by atoms with Crippen LogP contribution in [0.25, 0.3) is 66.4 Å². The fraction of sp³-hybridized carbons (Fsp3) is 0.0333. The highest BCUT2D eigenvalue weighted by Gasteiger charge is 2.42. The second-order valence-corrected chi connectivity index (χ2v) is 16.2. The van der Waals surface area contributed by atoms with E-state index in [1.165, 1.54) is 83.1 Å². The van der Waals surface area contributed by atoms with Crippen LogP contribution in [0.4, 0.5) is 17.1 Å². The van der Waals surface area contributed by atoms with Crippen LogP contribution in [-0.4, -0.2) is 0 Å². The van der Waals surface area contributed by atoms with Crippen molar-refractivity contribution in [3.63, 3.8) is 0 Å². The number of hydrogen-bond donors (Lipinski definition) is 0. The van der Waals surface area contributed by atoms with Gasteiger partial charge in [0.05, 0.1) is 5.69 Å². The molecule has 0 amide bonds. The van der Waals surface area contributed by atoms with E-state index < -0.39 is 0 Å². The number of nitrogens with zero attached hydrogens (tertiary/aromatic N) is 1. The van der Waals surface area contributed by atoms with Gasteiger partial charge in [-0.1, -0.05) is 212 Å². The second-order valence-electron chi connectivity index (χ2n) is 16.2. The Morgan fingerprint density at radius 1 is 0.328 bits per heavy atom. The zero-order valence-corrected chi connectivity index (χ0v) is 34.0. The topological polar surface area (TPSA) is 3.24 Å². The third kappa shape index (κ3) is 6.26. The third-order valence-electron chi connectivity index (χ3n) is 12.8. The summed E-state index contributed by atoms with van der Waals surface area (Å²) in [6, 6.07) is 88.7. The minimum atomic E-state index is -0.312. The molecule has 0 saturated heterocycles. The van der Waals surface area contributed by atoms with E-state index in [0.717, 1.165) is 17.1 Å². The van der Waals surface area contributed by atoms with E-state index in [1.807, 2.05) is 0 Å². The molecule has 0 aromatic heterocycles. The van der Waals surface area contributed by atoms with Crippen molar-refractivity contribution < 1.29 is 0 Å². The van der Waals surface area contributed by atoms with Crippen LogP contribution >= 0.6 is 0 Å². The highest BCUT2D eigenvalue weighted by Crippen LogP contribution is 2.56. The Bertz CT molecular complexity index is 3180. The fourth-order valence-electron chi connectivity index (χ4n) is 9.76. The summed E-state index contributed by atoms with van der Waals surface area (Å²) in [5.74, 6) is 0. The first-order valence-electron chi connectivity index (χ1n) is 21.2. The Balaban J connectivity index is 1.06. The lowest BCUT2D eigenvalue weighted by atomic mass is 9.74. The summed E-state index contributed by atoms with van der Waals surface area (Å²) in [5, 5.41) is 2.52. The molecule has 61 heavy (non-hydrogen) atoms. The van der Waals surface area contributed by atoms with E-state index in [2.05, 4.69) is 254 Å². The Morgan fingerprint density at radius 3 is 1.61 bits per heavy atom. The van der Waals surface area contributed by atoms with Crippen LogP contribution < -0.4 is 4.90 Å². The molecular weight excluding hydrogens is 735 g/mol. The maximum Gasteiger partial charge on any atom is 0.0543 e. The number of rotatable bonds is 8. The van der Waals surface area contributed by atoms with Gasteiger partial charge in [0.15, 0.2) is 0 Å². The number of anilines is 3. The summed E-state index contributed by atoms with van der Waals surface area (Å²) in [7, 11) is 0. The largest absolute Gasteiger partial charge is 0.310 e. The van der Waals surface area contributed by atoms with Gasteiger partial charge in [-0.3, -0.25) is 0 Å². The van der Waals surface area contributed by atoms with Crippen molar-refractivity contribution in [2.24, 2.45) is 0 Å². The van der Waals surface area contributed by atoms with Gasteiger partial charge in [-0.05, 0) is 115 Å². The molecule has 11 rings (SSSR count). The van der Waals surface area contributed by atoms with Gasteiger partial charge < -0.3 is 4.90 Å². The predicted molar refractivity (Wildman–Crippen MR) is 258 cm³/mol. The van der Waals surface area contributed by atoms with Crippen molar-refractivity contribution in [3.05, 3.63) is 259 Å². The van der Waals surface area contributed by atoms with Crippen LogP contribution in [0.2, 0.25) is 0 Å². The molecule has 10 aromatic carbocycles. The summed E-state index contributed by atoms with van der Waals surface area (Å²) >= 11 is 0. The molecule has 0 bridgehead atoms. The summed E-state index contributed by atoms with van der Waals surface area (Å²) in [4.78, 5) is 2.47. The highest BCUT2D eigenvalue weighted by molar-refractivity contribution is 5.98. The summed E-state index contributed by atoms with van der Waals surface area (Å²) in [6.07, 6.45) is 0. The third-order valence-corrected chi connectivity index (χ3v) is 12.8. The molecule has 0 heterocycles. The van der Waals surface area contributed by atoms with E-state index in [1.54, 1.807) is 0 Å². The minimum absolute atomic E-state index is 0.312. The van der Waals surface area contributed by atoms with E-state index >= 15 is 0 Å². The maximum absolute atomic E-state index is 2.47. The molecule has 0 saturated carbocycles. The number of hydrogen-bond acceptors (Lipinski definition) is 1. The molecule has 10 aromatic rings. The van der Waals surface area contributed by atoms with Gasteiger partial charge in [0, 0.05) is 22.4 Å². The first kappa shape index (κ1) is 36.3. The number of fused-ring (bicyclic) bond motifs is 4. The van der Waals surface area contributed by atoms with Crippen LogP contribution in [0.15, 0.2) is 243 Å². The molecule has 1 heteroatoms. The second kappa shape index (κ2) is 15.1. The standard InChI is InChI=1S/C60H43N/c1-60(48-22-6-3-7-23-48)56-30-13-12-28-55(56)59-57(60)31-16-32-58(59)61(49-39-37-46(38-40-49)53-27-11-10-26-51(53)43-17-4-2-5-18-43)50-24-14-21-47(41-50)42-33-35-45(36-34-42)54-29-15-20-44-19-8-9-25-52(44)54/h2-41H,1H3. The Labute approximate surface area is 358 Å². The normalized spacial score (nSPS) is 14.0. The molecule has 0 aliphatic heterocycles. The Kier molecular flexibility index (Phi) is 9.02. The van der Waals surface area contributed by atoms with E-state index in [-0.39, 0.29) is 5.41 Å². The molecule has 0 N–H and O–H groups in total. The highest BCUT2D eigenvalue weighted by atomic mass is 15.1. The van der Waals surface area contributed by atoms with E-state index in [0.29, 0.717) is 0 Å². The molecule has 1 nitrogen and oxygen atoms in total. The molecule has 288 valence electrons. The zero-order chi connectivity index (χ0) is 40.8. The first-order chi connectivity index (χ1) is 30.1. The lowest BCUT2D eigenvalue weighted by molar-refractivity contribution is 0.714. The first-order valence-corrected chi connectivity index (χ1v) is 21.2. The van der Waals surface area contributed by atoms with Crippen molar-refractivity contribution in [2.45, 2.75) is 12.3 Å². The van der Waals surface area contributed by atoms with Crippen LogP contribution in [0.5, 0.6) is 0 Å². The van der Waals surface area contributed by atoms with Gasteiger partial charge in [0.2, 0.25) is 0 Å². The lowest BCUT2D eigenvalue weighted by Gasteiger charge is -2.31. The molecule has 0 spiro atoms. The van der Waals surface area contributed by atoms with E-state index in [4.69, 9.17) is 0 Å². The molecule has 1 atom stereocenters. The van der Waals surface area contributed by atoms with E-state index in [9.17, 15) is 0 Å². The molecule has 0 radical (unpaired) electrons. The SMILES string of the molecule is CC1(c2ccccc2)c2ccccc2-c2c(N(c3ccc(-c4ccccc4-c4ccccc4)cc3)c3cccc(-c4ccc(-c5cccc6ccccc56)cc4)c3)cccc21. The van der Waals surface area contributed by atoms with Crippen LogP contribution in [0.1, 0.15) is 23.6 Å². The average Bonchev–Trinajstić information content (AvgIpc) is 3.61. The lowest BCUT2D eigenvalue weighted by Crippen LogP contribution is -2.22. The van der Waals surface area contributed by atoms with Gasteiger partial charge in [0.1, 0.15) is 0 Å². The van der Waals surface area contributed by atoms with Gasteiger partial charge in [0.25, 0.3) is 0 Å². The molecule has 1 unspecified atom stereocenters. The molecule has 0 fully saturated rings. The zero-order valence-electron chi connectivity index (χ0n) is 34.0. The number of benzene rings is 10. The van der Waals surface area contributed by atoms with Crippen molar-refractivity contribution in [1.29, 1.82) is 0 Å². The Morgan fingerprint density at radius 2 is 0.836 bits per heavy atom. The van der Waals surface area contributed by atoms with Crippen molar-refractivity contribution in [1.82, 2.24) is 0 Å². The van der Waals surface area contributed by atoms with Crippen molar-refractivity contribution in [3.8, 4) is 55.6 Å². The van der Waals surface area contributed by atoms with Gasteiger partial charge in [-0.25, -0.2) is 0 Å². The smallest absolute Gasteiger partial charge is 0.0543 e. The van der Waals surface area contributed by atoms with Crippen molar-refractivity contribution in [2.75, 3.05) is 4.90 Å². The quantitative estimate of drug-likeness (QED) is 0.149. The summed E-state index contributed by atoms with van der Waals surface area (Å²) in [5.41, 5.74) is 19.2. The van der Waals surface area contributed by atoms with Gasteiger partial charge in [-0.2, -0.15) is 0 Å². The molecule has 1 aliphatic carbocycles. The average molecular weight is 778 g/mol. The Hall–Kier alpha value is -7.74. The maximum atomic E-state index is 2.47. The van der Waals surface area contributed by atoms with Crippen LogP contribution in [0, 0.1) is 0 Å². The molecular formula is C60H43N. The monoisotopic (exact) mass is 777 g/mol. The summed E-state index contributed by atoms with van der Waals surface area (Å²) in [6.45, 7) is 2.39. The van der Waals surface area contributed by atoms with Crippen LogP contribution in [-0.2, 0) is 5.41 Å².